The Kier molecular flexibility index (Phi) is 7.25. The Labute approximate surface area is 165 Å². The zero-order valence-electron chi connectivity index (χ0n) is 16.0. The molecule has 144 valence electrons. The van der Waals surface area contributed by atoms with E-state index < -0.39 is 0 Å². The van der Waals surface area contributed by atoms with E-state index in [0.717, 1.165) is 0 Å². The highest BCUT2D eigenvalue weighted by molar-refractivity contribution is 6.31. The Bertz CT molecular complexity index is 783. The standard InChI is InChI=1S/C21H25ClN2O3/c1-14(2)24(15(3)4)20(25)13-27-19-11-10-16(22)12-18(19)21(26)23-17-8-6-5-7-9-17/h5-12,14-15H,13H2,1-4H3,(H,23,26). The molecule has 0 radical (unpaired) electrons. The van der Waals surface area contributed by atoms with Gasteiger partial charge in [-0.3, -0.25) is 9.59 Å². The highest BCUT2D eigenvalue weighted by Crippen LogP contribution is 2.24. The monoisotopic (exact) mass is 388 g/mol. The molecule has 0 aromatic heterocycles. The van der Waals surface area contributed by atoms with E-state index >= 15 is 0 Å². The van der Waals surface area contributed by atoms with Gasteiger partial charge in [-0.2, -0.15) is 0 Å². The molecule has 0 unspecified atom stereocenters. The summed E-state index contributed by atoms with van der Waals surface area (Å²) in [6.07, 6.45) is 0. The number of anilines is 1. The van der Waals surface area contributed by atoms with Gasteiger partial charge in [0.15, 0.2) is 6.61 Å². The molecule has 5 nitrogen and oxygen atoms in total. The summed E-state index contributed by atoms with van der Waals surface area (Å²) in [6, 6.07) is 14.0. The summed E-state index contributed by atoms with van der Waals surface area (Å²) in [5, 5.41) is 3.21. The van der Waals surface area contributed by atoms with Crippen molar-refractivity contribution in [2.24, 2.45) is 0 Å². The SMILES string of the molecule is CC(C)N(C(=O)COc1ccc(Cl)cc1C(=O)Nc1ccccc1)C(C)C. The summed E-state index contributed by atoms with van der Waals surface area (Å²) >= 11 is 6.05. The zero-order chi connectivity index (χ0) is 20.0. The van der Waals surface area contributed by atoms with Crippen LogP contribution in [0, 0.1) is 0 Å². The van der Waals surface area contributed by atoms with Crippen LogP contribution in [0.15, 0.2) is 48.5 Å². The highest BCUT2D eigenvalue weighted by atomic mass is 35.5. The van der Waals surface area contributed by atoms with E-state index in [0.29, 0.717) is 16.5 Å². The number of carbonyl (C=O) groups excluding carboxylic acids is 2. The highest BCUT2D eigenvalue weighted by Gasteiger charge is 2.21. The number of nitrogens with zero attached hydrogens (tertiary/aromatic N) is 1. The van der Waals surface area contributed by atoms with Crippen LogP contribution < -0.4 is 10.1 Å². The first-order chi connectivity index (χ1) is 12.8. The van der Waals surface area contributed by atoms with Crippen LogP contribution in [0.2, 0.25) is 5.02 Å². The fourth-order valence-corrected chi connectivity index (χ4v) is 3.08. The maximum Gasteiger partial charge on any atom is 0.260 e. The van der Waals surface area contributed by atoms with Crippen molar-refractivity contribution in [3.8, 4) is 5.75 Å². The van der Waals surface area contributed by atoms with Gasteiger partial charge in [-0.05, 0) is 58.0 Å². The zero-order valence-corrected chi connectivity index (χ0v) is 16.8. The third kappa shape index (κ3) is 5.73. The maximum absolute atomic E-state index is 12.6. The van der Waals surface area contributed by atoms with Gasteiger partial charge in [0.25, 0.3) is 11.8 Å². The Hall–Kier alpha value is -2.53. The lowest BCUT2D eigenvalue weighted by atomic mass is 10.1. The first kappa shape index (κ1) is 20.8. The van der Waals surface area contributed by atoms with Crippen molar-refractivity contribution in [2.45, 2.75) is 39.8 Å². The topological polar surface area (TPSA) is 58.6 Å². The fourth-order valence-electron chi connectivity index (χ4n) is 2.91. The molecule has 0 saturated carbocycles. The van der Waals surface area contributed by atoms with Gasteiger partial charge in [0.2, 0.25) is 0 Å². The normalized spacial score (nSPS) is 10.8. The largest absolute Gasteiger partial charge is 0.483 e. The van der Waals surface area contributed by atoms with Crippen molar-refractivity contribution in [1.82, 2.24) is 4.90 Å². The number of hydrogen-bond acceptors (Lipinski definition) is 3. The van der Waals surface area contributed by atoms with Crippen LogP contribution in [0.25, 0.3) is 0 Å². The van der Waals surface area contributed by atoms with E-state index in [-0.39, 0.29) is 36.1 Å². The van der Waals surface area contributed by atoms with Gasteiger partial charge in [-0.25, -0.2) is 0 Å². The predicted molar refractivity (Wildman–Crippen MR) is 108 cm³/mol. The lowest BCUT2D eigenvalue weighted by molar-refractivity contribution is -0.137. The van der Waals surface area contributed by atoms with Crippen LogP contribution in [0.1, 0.15) is 38.1 Å². The number of hydrogen-bond donors (Lipinski definition) is 1. The van der Waals surface area contributed by atoms with Crippen LogP contribution in [-0.2, 0) is 4.79 Å². The van der Waals surface area contributed by atoms with Gasteiger partial charge in [0, 0.05) is 22.8 Å². The molecule has 6 heteroatoms. The molecule has 2 rings (SSSR count). The lowest BCUT2D eigenvalue weighted by Crippen LogP contribution is -2.44. The first-order valence-corrected chi connectivity index (χ1v) is 9.27. The minimum absolute atomic E-state index is 0.0622. The summed E-state index contributed by atoms with van der Waals surface area (Å²) in [6.45, 7) is 7.68. The van der Waals surface area contributed by atoms with E-state index in [1.54, 1.807) is 29.2 Å². The molecule has 0 spiro atoms. The van der Waals surface area contributed by atoms with Crippen LogP contribution >= 0.6 is 11.6 Å². The van der Waals surface area contributed by atoms with Gasteiger partial charge in [-0.1, -0.05) is 29.8 Å². The minimum atomic E-state index is -0.351. The Morgan fingerprint density at radius 3 is 2.26 bits per heavy atom. The van der Waals surface area contributed by atoms with E-state index in [1.807, 2.05) is 45.9 Å². The Morgan fingerprint density at radius 2 is 1.67 bits per heavy atom. The molecule has 2 aromatic rings. The van der Waals surface area contributed by atoms with Gasteiger partial charge in [0.05, 0.1) is 5.56 Å². The molecular formula is C21H25ClN2O3. The number of para-hydroxylation sites is 1. The summed E-state index contributed by atoms with van der Waals surface area (Å²) < 4.78 is 5.68. The number of rotatable bonds is 7. The average Bonchev–Trinajstić information content (AvgIpc) is 2.60. The van der Waals surface area contributed by atoms with Crippen molar-refractivity contribution >= 4 is 29.1 Å². The van der Waals surface area contributed by atoms with Gasteiger partial charge >= 0.3 is 0 Å². The molecule has 0 atom stereocenters. The van der Waals surface area contributed by atoms with Crippen molar-refractivity contribution in [3.05, 3.63) is 59.1 Å². The minimum Gasteiger partial charge on any atom is -0.483 e. The molecule has 0 heterocycles. The summed E-state index contributed by atoms with van der Waals surface area (Å²) in [7, 11) is 0. The lowest BCUT2D eigenvalue weighted by Gasteiger charge is -2.30. The van der Waals surface area contributed by atoms with Gasteiger partial charge < -0.3 is 15.0 Å². The summed E-state index contributed by atoms with van der Waals surface area (Å²) in [5.41, 5.74) is 0.940. The third-order valence-electron chi connectivity index (χ3n) is 3.97. The van der Waals surface area contributed by atoms with Crippen LogP contribution in [0.5, 0.6) is 5.75 Å². The second kappa shape index (κ2) is 9.42. The molecule has 0 aliphatic rings. The Balaban J connectivity index is 2.15. The van der Waals surface area contributed by atoms with Crippen LogP contribution in [0.3, 0.4) is 0 Å². The van der Waals surface area contributed by atoms with Crippen molar-refractivity contribution in [3.63, 3.8) is 0 Å². The van der Waals surface area contributed by atoms with Gasteiger partial charge in [0.1, 0.15) is 5.75 Å². The molecule has 1 N–H and O–H groups in total. The number of nitrogens with one attached hydrogen (secondary N) is 1. The number of halogens is 1. The Morgan fingerprint density at radius 1 is 1.04 bits per heavy atom. The number of ether oxygens (including phenoxy) is 1. The smallest absolute Gasteiger partial charge is 0.260 e. The molecule has 0 aliphatic carbocycles. The quantitative estimate of drug-likeness (QED) is 0.753. The molecule has 2 amide bonds. The molecule has 0 bridgehead atoms. The van der Waals surface area contributed by atoms with E-state index in [1.165, 1.54) is 6.07 Å². The first-order valence-electron chi connectivity index (χ1n) is 8.89. The van der Waals surface area contributed by atoms with E-state index in [4.69, 9.17) is 16.3 Å². The van der Waals surface area contributed by atoms with Crippen LogP contribution in [0.4, 0.5) is 5.69 Å². The molecule has 0 aliphatic heterocycles. The number of carbonyl (C=O) groups is 2. The molecular weight excluding hydrogens is 364 g/mol. The molecule has 0 saturated heterocycles. The molecule has 2 aromatic carbocycles. The summed E-state index contributed by atoms with van der Waals surface area (Å²) in [4.78, 5) is 26.9. The molecule has 0 fully saturated rings. The summed E-state index contributed by atoms with van der Waals surface area (Å²) in [5.74, 6) is -0.172. The maximum atomic E-state index is 12.6. The third-order valence-corrected chi connectivity index (χ3v) is 4.20. The number of amides is 2. The molecule has 27 heavy (non-hydrogen) atoms. The van der Waals surface area contributed by atoms with Crippen LogP contribution in [-0.4, -0.2) is 35.4 Å². The second-order valence-electron chi connectivity index (χ2n) is 6.74. The fraction of sp³-hybridized carbons (Fsp3) is 0.333. The van der Waals surface area contributed by atoms with Crippen molar-refractivity contribution < 1.29 is 14.3 Å². The van der Waals surface area contributed by atoms with Crippen molar-refractivity contribution in [1.29, 1.82) is 0 Å². The van der Waals surface area contributed by atoms with E-state index in [2.05, 4.69) is 5.32 Å². The van der Waals surface area contributed by atoms with Gasteiger partial charge in [-0.15, -0.1) is 0 Å². The van der Waals surface area contributed by atoms with E-state index in [9.17, 15) is 9.59 Å². The average molecular weight is 389 g/mol. The number of benzene rings is 2. The second-order valence-corrected chi connectivity index (χ2v) is 7.17. The predicted octanol–water partition coefficient (Wildman–Crippen LogP) is 4.62. The van der Waals surface area contributed by atoms with Crippen molar-refractivity contribution in [2.75, 3.05) is 11.9 Å².